The summed E-state index contributed by atoms with van der Waals surface area (Å²) < 4.78 is 17.7. The van der Waals surface area contributed by atoms with Gasteiger partial charge in [0.25, 0.3) is 0 Å². The van der Waals surface area contributed by atoms with E-state index in [1.165, 1.54) is 13.0 Å². The molecule has 0 heterocycles. The Hall–Kier alpha value is -1.38. The Morgan fingerprint density at radius 1 is 1.50 bits per heavy atom. The minimum Gasteiger partial charge on any atom is -0.424 e. The summed E-state index contributed by atoms with van der Waals surface area (Å²) in [5.41, 5.74) is 0.466. The van der Waals surface area contributed by atoms with Crippen molar-refractivity contribution in [2.45, 2.75) is 13.8 Å². The van der Waals surface area contributed by atoms with Gasteiger partial charge in [0.05, 0.1) is 0 Å². The molecule has 0 fully saturated rings. The normalized spacial score (nSPS) is 9.58. The molecule has 3 heteroatoms. The minimum atomic E-state index is -0.514. The molecular formula is C9H9FO2. The van der Waals surface area contributed by atoms with Crippen LogP contribution in [0.4, 0.5) is 4.39 Å². The summed E-state index contributed by atoms with van der Waals surface area (Å²) in [7, 11) is 0. The molecule has 0 spiro atoms. The second-order valence-corrected chi connectivity index (χ2v) is 2.48. The maximum absolute atomic E-state index is 13.1. The number of ether oxygens (including phenoxy) is 1. The molecular weight excluding hydrogens is 159 g/mol. The van der Waals surface area contributed by atoms with Crippen LogP contribution in [0.15, 0.2) is 18.2 Å². The highest BCUT2D eigenvalue weighted by Gasteiger charge is 2.06. The van der Waals surface area contributed by atoms with Gasteiger partial charge < -0.3 is 4.74 Å². The fourth-order valence-electron chi connectivity index (χ4n) is 0.854. The summed E-state index contributed by atoms with van der Waals surface area (Å²) in [5, 5.41) is 0. The Bertz CT molecular complexity index is 307. The second-order valence-electron chi connectivity index (χ2n) is 2.48. The van der Waals surface area contributed by atoms with Gasteiger partial charge in [-0.25, -0.2) is 4.39 Å². The number of esters is 1. The van der Waals surface area contributed by atoms with Gasteiger partial charge in [0.2, 0.25) is 0 Å². The highest BCUT2D eigenvalue weighted by atomic mass is 19.1. The number of benzene rings is 1. The molecule has 1 aromatic rings. The molecule has 1 rings (SSSR count). The largest absolute Gasteiger partial charge is 0.424 e. The third-order valence-electron chi connectivity index (χ3n) is 1.41. The summed E-state index contributed by atoms with van der Waals surface area (Å²) in [6.07, 6.45) is 0. The fourth-order valence-corrected chi connectivity index (χ4v) is 0.854. The van der Waals surface area contributed by atoms with Crippen LogP contribution in [-0.2, 0) is 4.79 Å². The first-order valence-corrected chi connectivity index (χ1v) is 3.55. The van der Waals surface area contributed by atoms with E-state index in [0.717, 1.165) is 0 Å². The number of hydrogen-bond donors (Lipinski definition) is 0. The average molecular weight is 168 g/mol. The summed E-state index contributed by atoms with van der Waals surface area (Å²) in [6, 6.07) is 4.67. The lowest BCUT2D eigenvalue weighted by atomic mass is 10.2. The van der Waals surface area contributed by atoms with Crippen LogP contribution in [0, 0.1) is 12.7 Å². The molecule has 0 aliphatic heterocycles. The van der Waals surface area contributed by atoms with E-state index in [4.69, 9.17) is 0 Å². The molecule has 0 N–H and O–H groups in total. The molecule has 0 aliphatic carbocycles. The van der Waals surface area contributed by atoms with Gasteiger partial charge in [-0.3, -0.25) is 4.79 Å². The first-order chi connectivity index (χ1) is 5.61. The van der Waals surface area contributed by atoms with Crippen molar-refractivity contribution in [1.82, 2.24) is 0 Å². The SMILES string of the molecule is CC(=O)Oc1cccc(C)c1F. The third kappa shape index (κ3) is 1.81. The predicted octanol–water partition coefficient (Wildman–Crippen LogP) is 2.06. The quantitative estimate of drug-likeness (QED) is 0.474. The topological polar surface area (TPSA) is 26.3 Å². The molecule has 1 aromatic carbocycles. The number of carbonyl (C=O) groups is 1. The molecule has 0 atom stereocenters. The summed E-state index contributed by atoms with van der Waals surface area (Å²) in [4.78, 5) is 10.5. The van der Waals surface area contributed by atoms with Crippen molar-refractivity contribution in [3.8, 4) is 5.75 Å². The number of rotatable bonds is 1. The van der Waals surface area contributed by atoms with E-state index >= 15 is 0 Å². The van der Waals surface area contributed by atoms with Gasteiger partial charge in [0.1, 0.15) is 0 Å². The molecule has 12 heavy (non-hydrogen) atoms. The zero-order chi connectivity index (χ0) is 9.14. The number of halogens is 1. The van der Waals surface area contributed by atoms with Gasteiger partial charge in [0.15, 0.2) is 11.6 Å². The number of carbonyl (C=O) groups excluding carboxylic acids is 1. The van der Waals surface area contributed by atoms with Gasteiger partial charge in [-0.05, 0) is 18.6 Å². The lowest BCUT2D eigenvalue weighted by molar-refractivity contribution is -0.132. The maximum atomic E-state index is 13.1. The summed E-state index contributed by atoms with van der Waals surface area (Å²) >= 11 is 0. The smallest absolute Gasteiger partial charge is 0.308 e. The van der Waals surface area contributed by atoms with E-state index in [2.05, 4.69) is 4.74 Å². The zero-order valence-corrected chi connectivity index (χ0v) is 6.93. The second kappa shape index (κ2) is 3.34. The van der Waals surface area contributed by atoms with Crippen molar-refractivity contribution in [1.29, 1.82) is 0 Å². The fraction of sp³-hybridized carbons (Fsp3) is 0.222. The van der Waals surface area contributed by atoms with Crippen LogP contribution in [0.2, 0.25) is 0 Å². The maximum Gasteiger partial charge on any atom is 0.308 e. The van der Waals surface area contributed by atoms with Crippen molar-refractivity contribution < 1.29 is 13.9 Å². The monoisotopic (exact) mass is 168 g/mol. The van der Waals surface area contributed by atoms with Crippen molar-refractivity contribution in [2.75, 3.05) is 0 Å². The molecule has 0 unspecified atom stereocenters. The number of hydrogen-bond acceptors (Lipinski definition) is 2. The predicted molar refractivity (Wildman–Crippen MR) is 42.4 cm³/mol. The number of aryl methyl sites for hydroxylation is 1. The molecule has 0 radical (unpaired) electrons. The van der Waals surface area contributed by atoms with E-state index in [1.54, 1.807) is 19.1 Å². The molecule has 0 aliphatic rings. The van der Waals surface area contributed by atoms with Gasteiger partial charge in [-0.2, -0.15) is 0 Å². The summed E-state index contributed by atoms with van der Waals surface area (Å²) in [6.45, 7) is 2.85. The highest BCUT2D eigenvalue weighted by molar-refractivity contribution is 5.69. The van der Waals surface area contributed by atoms with Crippen LogP contribution in [0.3, 0.4) is 0 Å². The van der Waals surface area contributed by atoms with Crippen LogP contribution in [-0.4, -0.2) is 5.97 Å². The van der Waals surface area contributed by atoms with E-state index < -0.39 is 11.8 Å². The molecule has 64 valence electrons. The van der Waals surface area contributed by atoms with Crippen LogP contribution in [0.5, 0.6) is 5.75 Å². The van der Waals surface area contributed by atoms with Gasteiger partial charge >= 0.3 is 5.97 Å². The highest BCUT2D eigenvalue weighted by Crippen LogP contribution is 2.19. The van der Waals surface area contributed by atoms with Crippen molar-refractivity contribution in [3.05, 3.63) is 29.6 Å². The zero-order valence-electron chi connectivity index (χ0n) is 6.93. The van der Waals surface area contributed by atoms with E-state index in [-0.39, 0.29) is 5.75 Å². The summed E-state index contributed by atoms with van der Waals surface area (Å²) in [5.74, 6) is -1.00. The van der Waals surface area contributed by atoms with Crippen LogP contribution >= 0.6 is 0 Å². The third-order valence-corrected chi connectivity index (χ3v) is 1.41. The first kappa shape index (κ1) is 8.71. The van der Waals surface area contributed by atoms with E-state index in [1.807, 2.05) is 0 Å². The van der Waals surface area contributed by atoms with Gasteiger partial charge in [-0.15, -0.1) is 0 Å². The standard InChI is InChI=1S/C9H9FO2/c1-6-4-3-5-8(9(6)10)12-7(2)11/h3-5H,1-2H3. The molecule has 0 bridgehead atoms. The Labute approximate surface area is 70.0 Å². The minimum absolute atomic E-state index is 0.0116. The van der Waals surface area contributed by atoms with Gasteiger partial charge in [0, 0.05) is 6.92 Å². The molecule has 0 saturated carbocycles. The van der Waals surface area contributed by atoms with Crippen LogP contribution < -0.4 is 4.74 Å². The van der Waals surface area contributed by atoms with Crippen molar-refractivity contribution >= 4 is 5.97 Å². The van der Waals surface area contributed by atoms with E-state index in [0.29, 0.717) is 5.56 Å². The van der Waals surface area contributed by atoms with Crippen LogP contribution in [0.25, 0.3) is 0 Å². The Morgan fingerprint density at radius 2 is 2.17 bits per heavy atom. The molecule has 0 saturated heterocycles. The van der Waals surface area contributed by atoms with E-state index in [9.17, 15) is 9.18 Å². The van der Waals surface area contributed by atoms with Crippen LogP contribution in [0.1, 0.15) is 12.5 Å². The van der Waals surface area contributed by atoms with Gasteiger partial charge in [-0.1, -0.05) is 12.1 Å². The average Bonchev–Trinajstić information content (AvgIpc) is 1.98. The lowest BCUT2D eigenvalue weighted by Gasteiger charge is -2.03. The molecule has 0 amide bonds. The Balaban J connectivity index is 3.00. The van der Waals surface area contributed by atoms with Crippen molar-refractivity contribution in [3.63, 3.8) is 0 Å². The molecule has 2 nitrogen and oxygen atoms in total. The Morgan fingerprint density at radius 3 is 2.75 bits per heavy atom. The molecule has 0 aromatic heterocycles. The Kier molecular flexibility index (Phi) is 2.43. The first-order valence-electron chi connectivity index (χ1n) is 3.55. The van der Waals surface area contributed by atoms with Crippen molar-refractivity contribution in [2.24, 2.45) is 0 Å². The lowest BCUT2D eigenvalue weighted by Crippen LogP contribution is -2.03.